The minimum Gasteiger partial charge on any atom is -0.460 e. The molecule has 9 heteroatoms. The zero-order valence-corrected chi connectivity index (χ0v) is 17.5. The molecule has 0 bridgehead atoms. The highest BCUT2D eigenvalue weighted by Gasteiger charge is 2.34. The molecule has 1 fully saturated rings. The number of fused-ring (bicyclic) bond motifs is 1. The van der Waals surface area contributed by atoms with E-state index in [1.54, 1.807) is 10.7 Å². The third-order valence-electron chi connectivity index (χ3n) is 5.03. The molecule has 30 heavy (non-hydrogen) atoms. The molecule has 2 heterocycles. The van der Waals surface area contributed by atoms with Crippen LogP contribution in [0.15, 0.2) is 24.3 Å². The largest absolute Gasteiger partial charge is 0.460 e. The Bertz CT molecular complexity index is 947. The van der Waals surface area contributed by atoms with E-state index < -0.39 is 17.4 Å². The quantitative estimate of drug-likeness (QED) is 0.579. The second-order valence-corrected chi connectivity index (χ2v) is 8.49. The summed E-state index contributed by atoms with van der Waals surface area (Å²) in [4.78, 5) is 37.0. The molecule has 1 aromatic heterocycles. The van der Waals surface area contributed by atoms with Crippen molar-refractivity contribution in [2.75, 3.05) is 13.2 Å². The molecule has 0 saturated carbocycles. The molecule has 2 atom stereocenters. The number of esters is 1. The Balaban J connectivity index is 1.86. The molecule has 3 N–H and O–H groups in total. The second kappa shape index (κ2) is 8.83. The maximum atomic E-state index is 13.1. The topological polar surface area (TPSA) is 123 Å². The van der Waals surface area contributed by atoms with Crippen molar-refractivity contribution in [1.29, 1.82) is 0 Å². The molecule has 162 valence electrons. The molecule has 2 unspecified atom stereocenters. The lowest BCUT2D eigenvalue weighted by molar-refractivity contribution is -0.141. The number of carbonyl (C=O) groups excluding carboxylic acids is 3. The lowest BCUT2D eigenvalue weighted by Crippen LogP contribution is -2.54. The predicted octanol–water partition coefficient (Wildman–Crippen LogP) is 0.995. The summed E-state index contributed by atoms with van der Waals surface area (Å²) in [7, 11) is 0. The Morgan fingerprint density at radius 2 is 2.07 bits per heavy atom. The zero-order valence-electron chi connectivity index (χ0n) is 17.5. The van der Waals surface area contributed by atoms with E-state index in [-0.39, 0.29) is 36.8 Å². The van der Waals surface area contributed by atoms with Gasteiger partial charge >= 0.3 is 5.97 Å². The van der Waals surface area contributed by atoms with Crippen LogP contribution in [-0.2, 0) is 20.9 Å². The van der Waals surface area contributed by atoms with Gasteiger partial charge in [0.2, 0.25) is 5.91 Å². The Hall–Kier alpha value is -2.94. The fourth-order valence-electron chi connectivity index (χ4n) is 3.49. The van der Waals surface area contributed by atoms with Crippen molar-refractivity contribution in [2.45, 2.75) is 52.3 Å². The third-order valence-corrected chi connectivity index (χ3v) is 5.03. The summed E-state index contributed by atoms with van der Waals surface area (Å²) in [5.74, 6) is -1.06. The van der Waals surface area contributed by atoms with E-state index in [4.69, 9.17) is 9.84 Å². The number of aromatic nitrogens is 2. The molecule has 1 aliphatic rings. The van der Waals surface area contributed by atoms with Crippen LogP contribution < -0.4 is 10.6 Å². The first-order valence-electron chi connectivity index (χ1n) is 10.0. The molecular weight excluding hydrogens is 388 g/mol. The van der Waals surface area contributed by atoms with E-state index in [9.17, 15) is 14.4 Å². The van der Waals surface area contributed by atoms with Gasteiger partial charge in [-0.15, -0.1) is 0 Å². The Kier molecular flexibility index (Phi) is 6.40. The average Bonchev–Trinajstić information content (AvgIpc) is 3.27. The predicted molar refractivity (Wildman–Crippen MR) is 110 cm³/mol. The zero-order chi connectivity index (χ0) is 21.9. The van der Waals surface area contributed by atoms with E-state index in [0.29, 0.717) is 24.8 Å². The highest BCUT2D eigenvalue weighted by molar-refractivity contribution is 6.06. The molecule has 0 radical (unpaired) electrons. The number of aliphatic hydroxyl groups excluding tert-OH is 1. The van der Waals surface area contributed by atoms with Gasteiger partial charge in [-0.05, 0) is 17.9 Å². The lowest BCUT2D eigenvalue weighted by Gasteiger charge is -2.30. The van der Waals surface area contributed by atoms with Gasteiger partial charge < -0.3 is 20.5 Å². The van der Waals surface area contributed by atoms with Gasteiger partial charge in [0, 0.05) is 18.4 Å². The number of para-hydroxylation sites is 1. The Morgan fingerprint density at radius 1 is 1.33 bits per heavy atom. The number of amides is 2. The molecule has 0 aliphatic carbocycles. The van der Waals surface area contributed by atoms with Gasteiger partial charge in [-0.3, -0.25) is 19.1 Å². The number of hydrogen-bond donors (Lipinski definition) is 3. The summed E-state index contributed by atoms with van der Waals surface area (Å²) in [6, 6.07) is 6.51. The van der Waals surface area contributed by atoms with Gasteiger partial charge in [0.25, 0.3) is 5.91 Å². The number of hydrogen-bond acceptors (Lipinski definition) is 6. The van der Waals surface area contributed by atoms with Gasteiger partial charge in [0.05, 0.1) is 18.7 Å². The summed E-state index contributed by atoms with van der Waals surface area (Å²) in [6.07, 6.45) is 0.724. The monoisotopic (exact) mass is 416 g/mol. The number of nitrogens with one attached hydrogen (secondary N) is 2. The van der Waals surface area contributed by atoms with Crippen molar-refractivity contribution in [3.63, 3.8) is 0 Å². The van der Waals surface area contributed by atoms with Crippen LogP contribution in [0, 0.1) is 5.41 Å². The first-order valence-corrected chi connectivity index (χ1v) is 10.0. The van der Waals surface area contributed by atoms with Crippen LogP contribution in [0.4, 0.5) is 0 Å². The number of rotatable bonds is 7. The minimum absolute atomic E-state index is 0.110. The third kappa shape index (κ3) is 4.79. The number of benzene rings is 1. The maximum absolute atomic E-state index is 13.1. The van der Waals surface area contributed by atoms with E-state index >= 15 is 0 Å². The first-order chi connectivity index (χ1) is 14.2. The molecule has 0 spiro atoms. The molecule has 1 saturated heterocycles. The van der Waals surface area contributed by atoms with Gasteiger partial charge in [0.1, 0.15) is 12.1 Å². The van der Waals surface area contributed by atoms with E-state index in [2.05, 4.69) is 15.7 Å². The highest BCUT2D eigenvalue weighted by Crippen LogP contribution is 2.24. The smallest absolute Gasteiger partial charge is 0.306 e. The van der Waals surface area contributed by atoms with Crippen molar-refractivity contribution >= 4 is 28.7 Å². The number of aliphatic hydroxyl groups is 1. The summed E-state index contributed by atoms with van der Waals surface area (Å²) < 4.78 is 6.96. The molecule has 9 nitrogen and oxygen atoms in total. The van der Waals surface area contributed by atoms with Crippen molar-refractivity contribution < 1.29 is 24.2 Å². The molecule has 3 rings (SSSR count). The number of ether oxygens (including phenoxy) is 1. The van der Waals surface area contributed by atoms with E-state index in [0.717, 1.165) is 5.52 Å². The average molecular weight is 416 g/mol. The fourth-order valence-corrected chi connectivity index (χ4v) is 3.49. The molecular formula is C21H28N4O5. The van der Waals surface area contributed by atoms with Crippen LogP contribution in [0.3, 0.4) is 0 Å². The minimum atomic E-state index is -0.809. The van der Waals surface area contributed by atoms with Crippen molar-refractivity contribution in [1.82, 2.24) is 20.4 Å². The summed E-state index contributed by atoms with van der Waals surface area (Å²) in [6.45, 7) is 5.83. The number of carbonyl (C=O) groups is 3. The van der Waals surface area contributed by atoms with Crippen molar-refractivity contribution in [3.05, 3.63) is 30.0 Å². The summed E-state index contributed by atoms with van der Waals surface area (Å²) >= 11 is 0. The van der Waals surface area contributed by atoms with Gasteiger partial charge in [-0.2, -0.15) is 5.10 Å². The van der Waals surface area contributed by atoms with Crippen LogP contribution in [-0.4, -0.2) is 58.0 Å². The van der Waals surface area contributed by atoms with Crippen LogP contribution in [0.2, 0.25) is 0 Å². The van der Waals surface area contributed by atoms with Gasteiger partial charge in [0.15, 0.2) is 5.69 Å². The maximum Gasteiger partial charge on any atom is 0.306 e. The fraction of sp³-hybridized carbons (Fsp3) is 0.524. The Labute approximate surface area is 174 Å². The number of nitrogens with zero attached hydrogens (tertiary/aromatic N) is 2. The van der Waals surface area contributed by atoms with Crippen LogP contribution in [0.25, 0.3) is 10.9 Å². The van der Waals surface area contributed by atoms with Gasteiger partial charge in [-0.25, -0.2) is 0 Å². The normalized spacial score (nSPS) is 17.6. The standard InChI is InChI=1S/C21H28N4O5/c1-21(2,3)18(20(29)22-10-11-26)23-19(28)17-14-6-4-5-7-15(14)25(24-17)12-13-8-9-16(27)30-13/h4-7,13,18,26H,8-12H2,1-3H3,(H,22,29)(H,23,28). The SMILES string of the molecule is CC(C)(C)C(NC(=O)c1nn(CC2CCC(=O)O2)c2ccccc12)C(=O)NCCO. The van der Waals surface area contributed by atoms with Crippen LogP contribution in [0.1, 0.15) is 44.1 Å². The first kappa shape index (κ1) is 21.8. The van der Waals surface area contributed by atoms with E-state index in [1.165, 1.54) is 0 Å². The van der Waals surface area contributed by atoms with Crippen LogP contribution in [0.5, 0.6) is 0 Å². The molecule has 2 amide bonds. The summed E-state index contributed by atoms with van der Waals surface area (Å²) in [5, 5.41) is 19.5. The second-order valence-electron chi connectivity index (χ2n) is 8.49. The molecule has 1 aromatic carbocycles. The van der Waals surface area contributed by atoms with Gasteiger partial charge in [-0.1, -0.05) is 39.0 Å². The number of cyclic esters (lactones) is 1. The van der Waals surface area contributed by atoms with Crippen LogP contribution >= 0.6 is 0 Å². The molecule has 2 aromatic rings. The van der Waals surface area contributed by atoms with E-state index in [1.807, 2.05) is 39.0 Å². The summed E-state index contributed by atoms with van der Waals surface area (Å²) in [5.41, 5.74) is 0.410. The van der Waals surface area contributed by atoms with Crippen molar-refractivity contribution in [2.24, 2.45) is 5.41 Å². The Morgan fingerprint density at radius 3 is 2.70 bits per heavy atom. The van der Waals surface area contributed by atoms with Crippen molar-refractivity contribution in [3.8, 4) is 0 Å². The molecule has 1 aliphatic heterocycles. The lowest BCUT2D eigenvalue weighted by atomic mass is 9.86. The highest BCUT2D eigenvalue weighted by atomic mass is 16.5.